The van der Waals surface area contributed by atoms with Gasteiger partial charge in [0, 0.05) is 12.6 Å². The van der Waals surface area contributed by atoms with Crippen LogP contribution in [0, 0.1) is 0 Å². The van der Waals surface area contributed by atoms with Gasteiger partial charge in [0.25, 0.3) is 5.91 Å². The molecule has 6 nitrogen and oxygen atoms in total. The summed E-state index contributed by atoms with van der Waals surface area (Å²) in [5, 5.41) is 3.17. The topological polar surface area (TPSA) is 67.9 Å². The summed E-state index contributed by atoms with van der Waals surface area (Å²) in [5.74, 6) is 1.45. The highest BCUT2D eigenvalue weighted by molar-refractivity contribution is 5.88. The van der Waals surface area contributed by atoms with Crippen LogP contribution in [0.25, 0.3) is 0 Å². The van der Waals surface area contributed by atoms with Gasteiger partial charge >= 0.3 is 0 Å². The van der Waals surface area contributed by atoms with Crippen LogP contribution in [-0.4, -0.2) is 42.5 Å². The minimum Gasteiger partial charge on any atom is -0.497 e. The van der Waals surface area contributed by atoms with Crippen molar-refractivity contribution in [1.29, 1.82) is 0 Å². The summed E-state index contributed by atoms with van der Waals surface area (Å²) in [6, 6.07) is 15.0. The Morgan fingerprint density at radius 3 is 2.35 bits per heavy atom. The van der Waals surface area contributed by atoms with E-state index in [1.54, 1.807) is 12.0 Å². The fourth-order valence-corrected chi connectivity index (χ4v) is 4.53. The van der Waals surface area contributed by atoms with Crippen LogP contribution in [0.4, 0.5) is 0 Å². The van der Waals surface area contributed by atoms with Crippen molar-refractivity contribution >= 4 is 11.8 Å². The maximum Gasteiger partial charge on any atom is 0.261 e. The van der Waals surface area contributed by atoms with Gasteiger partial charge in [-0.05, 0) is 54.5 Å². The predicted octanol–water partition coefficient (Wildman–Crippen LogP) is 5.06. The molecule has 1 saturated carbocycles. The average molecular weight is 467 g/mol. The number of carbonyl (C=O) groups excluding carboxylic acids is 2. The summed E-state index contributed by atoms with van der Waals surface area (Å²) >= 11 is 0. The van der Waals surface area contributed by atoms with Crippen molar-refractivity contribution in [2.75, 3.05) is 13.7 Å². The zero-order chi connectivity index (χ0) is 24.5. The maximum absolute atomic E-state index is 13.5. The standard InChI is InChI=1S/C28H38N2O4/c1-5-25(28(32)29-22-10-6-7-11-22)30(18-21-14-16-23(33-4)17-15-21)27(31)19-34-26-13-9-8-12-24(26)20(2)3/h8-9,12-17,20,22,25H,5-7,10-11,18-19H2,1-4H3,(H,29,32)/t25-/m1/s1. The molecule has 1 fully saturated rings. The lowest BCUT2D eigenvalue weighted by Gasteiger charge is -2.31. The molecule has 0 aromatic heterocycles. The van der Waals surface area contributed by atoms with Crippen molar-refractivity contribution in [2.45, 2.75) is 77.4 Å². The number of hydrogen-bond acceptors (Lipinski definition) is 4. The van der Waals surface area contributed by atoms with E-state index < -0.39 is 6.04 Å². The summed E-state index contributed by atoms with van der Waals surface area (Å²) in [6.07, 6.45) is 4.81. The zero-order valence-electron chi connectivity index (χ0n) is 20.9. The van der Waals surface area contributed by atoms with E-state index in [0.717, 1.165) is 42.6 Å². The average Bonchev–Trinajstić information content (AvgIpc) is 3.36. The molecule has 1 N–H and O–H groups in total. The van der Waals surface area contributed by atoms with E-state index in [4.69, 9.17) is 9.47 Å². The summed E-state index contributed by atoms with van der Waals surface area (Å²) in [5.41, 5.74) is 1.99. The molecule has 3 rings (SSSR count). The number of rotatable bonds is 11. The number of nitrogens with zero attached hydrogens (tertiary/aromatic N) is 1. The predicted molar refractivity (Wildman–Crippen MR) is 134 cm³/mol. The number of amides is 2. The van der Waals surface area contributed by atoms with Crippen molar-refractivity contribution in [3.8, 4) is 11.5 Å². The Morgan fingerprint density at radius 1 is 1.06 bits per heavy atom. The van der Waals surface area contributed by atoms with Gasteiger partial charge in [-0.3, -0.25) is 9.59 Å². The molecule has 0 unspecified atom stereocenters. The number of ether oxygens (including phenoxy) is 2. The van der Waals surface area contributed by atoms with E-state index in [1.807, 2.05) is 55.5 Å². The first-order valence-electron chi connectivity index (χ1n) is 12.4. The monoisotopic (exact) mass is 466 g/mol. The quantitative estimate of drug-likeness (QED) is 0.502. The van der Waals surface area contributed by atoms with Crippen molar-refractivity contribution in [3.05, 3.63) is 59.7 Å². The molecule has 0 heterocycles. The van der Waals surface area contributed by atoms with Gasteiger partial charge in [0.15, 0.2) is 6.61 Å². The van der Waals surface area contributed by atoms with Gasteiger partial charge < -0.3 is 19.7 Å². The van der Waals surface area contributed by atoms with Gasteiger partial charge in [-0.25, -0.2) is 0 Å². The second-order valence-corrected chi connectivity index (χ2v) is 9.26. The van der Waals surface area contributed by atoms with Crippen LogP contribution >= 0.6 is 0 Å². The van der Waals surface area contributed by atoms with Gasteiger partial charge in [-0.15, -0.1) is 0 Å². The molecule has 184 valence electrons. The third kappa shape index (κ3) is 6.75. The Labute approximate surface area is 203 Å². The Morgan fingerprint density at radius 2 is 1.74 bits per heavy atom. The van der Waals surface area contributed by atoms with Crippen molar-refractivity contribution in [3.63, 3.8) is 0 Å². The number of benzene rings is 2. The van der Waals surface area contributed by atoms with Crippen LogP contribution in [0.3, 0.4) is 0 Å². The molecule has 2 amide bonds. The third-order valence-corrected chi connectivity index (χ3v) is 6.49. The van der Waals surface area contributed by atoms with Crippen LogP contribution in [0.2, 0.25) is 0 Å². The fraction of sp³-hybridized carbons (Fsp3) is 0.500. The first-order chi connectivity index (χ1) is 16.4. The Kier molecular flexibility index (Phi) is 9.37. The second kappa shape index (κ2) is 12.4. The van der Waals surface area contributed by atoms with E-state index >= 15 is 0 Å². The highest BCUT2D eigenvalue weighted by atomic mass is 16.5. The van der Waals surface area contributed by atoms with E-state index in [1.165, 1.54) is 0 Å². The number of hydrogen-bond donors (Lipinski definition) is 1. The molecule has 2 aromatic carbocycles. The van der Waals surface area contributed by atoms with Gasteiger partial charge in [-0.2, -0.15) is 0 Å². The Bertz CT molecular complexity index is 936. The number of nitrogens with one attached hydrogen (secondary N) is 1. The smallest absolute Gasteiger partial charge is 0.261 e. The molecule has 0 bridgehead atoms. The molecule has 1 aliphatic rings. The largest absolute Gasteiger partial charge is 0.497 e. The lowest BCUT2D eigenvalue weighted by atomic mass is 10.0. The van der Waals surface area contributed by atoms with E-state index in [2.05, 4.69) is 19.2 Å². The molecule has 1 atom stereocenters. The summed E-state index contributed by atoms with van der Waals surface area (Å²) in [4.78, 5) is 28.3. The van der Waals surface area contributed by atoms with Crippen LogP contribution in [0.15, 0.2) is 48.5 Å². The molecule has 2 aromatic rings. The summed E-state index contributed by atoms with van der Waals surface area (Å²) in [6.45, 7) is 6.35. The molecule has 1 aliphatic carbocycles. The van der Waals surface area contributed by atoms with Crippen LogP contribution in [0.5, 0.6) is 11.5 Å². The normalized spacial score (nSPS) is 14.6. The second-order valence-electron chi connectivity index (χ2n) is 9.26. The molecular formula is C28H38N2O4. The maximum atomic E-state index is 13.5. The lowest BCUT2D eigenvalue weighted by molar-refractivity contribution is -0.143. The van der Waals surface area contributed by atoms with Crippen LogP contribution in [0.1, 0.15) is 69.9 Å². The van der Waals surface area contributed by atoms with Gasteiger partial charge in [-0.1, -0.05) is 63.9 Å². The van der Waals surface area contributed by atoms with Gasteiger partial charge in [0.2, 0.25) is 5.91 Å². The summed E-state index contributed by atoms with van der Waals surface area (Å²) in [7, 11) is 1.62. The van der Waals surface area contributed by atoms with E-state index in [0.29, 0.717) is 18.7 Å². The molecular weight excluding hydrogens is 428 g/mol. The van der Waals surface area contributed by atoms with Crippen molar-refractivity contribution in [2.24, 2.45) is 0 Å². The third-order valence-electron chi connectivity index (χ3n) is 6.49. The minimum atomic E-state index is -0.556. The number of para-hydroxylation sites is 1. The Balaban J connectivity index is 1.78. The van der Waals surface area contributed by atoms with Gasteiger partial charge in [0.05, 0.1) is 7.11 Å². The molecule has 0 spiro atoms. The van der Waals surface area contributed by atoms with E-state index in [-0.39, 0.29) is 30.4 Å². The molecule has 0 radical (unpaired) electrons. The number of carbonyl (C=O) groups is 2. The van der Waals surface area contributed by atoms with Crippen LogP contribution < -0.4 is 14.8 Å². The highest BCUT2D eigenvalue weighted by Crippen LogP contribution is 2.26. The summed E-state index contributed by atoms with van der Waals surface area (Å²) < 4.78 is 11.2. The minimum absolute atomic E-state index is 0.0844. The van der Waals surface area contributed by atoms with Crippen molar-refractivity contribution < 1.29 is 19.1 Å². The highest BCUT2D eigenvalue weighted by Gasteiger charge is 2.31. The molecule has 34 heavy (non-hydrogen) atoms. The van der Waals surface area contributed by atoms with Gasteiger partial charge in [0.1, 0.15) is 17.5 Å². The number of methoxy groups -OCH3 is 1. The fourth-order valence-electron chi connectivity index (χ4n) is 4.53. The van der Waals surface area contributed by atoms with E-state index in [9.17, 15) is 9.59 Å². The van der Waals surface area contributed by atoms with Crippen LogP contribution in [-0.2, 0) is 16.1 Å². The Hall–Kier alpha value is -3.02. The lowest BCUT2D eigenvalue weighted by Crippen LogP contribution is -2.52. The molecule has 0 aliphatic heterocycles. The molecule has 0 saturated heterocycles. The first-order valence-corrected chi connectivity index (χ1v) is 12.4. The SMILES string of the molecule is CC[C@H](C(=O)NC1CCCC1)N(Cc1ccc(OC)cc1)C(=O)COc1ccccc1C(C)C. The first kappa shape index (κ1) is 25.6. The zero-order valence-corrected chi connectivity index (χ0v) is 20.9. The van der Waals surface area contributed by atoms with Crippen molar-refractivity contribution in [1.82, 2.24) is 10.2 Å². The molecule has 6 heteroatoms.